The molecule has 30 heavy (non-hydrogen) atoms. The van der Waals surface area contributed by atoms with Crippen LogP contribution in [-0.4, -0.2) is 38.8 Å². The molecule has 1 aromatic carbocycles. The lowest BCUT2D eigenvalue weighted by Gasteiger charge is -2.38. The number of esters is 1. The molecule has 0 saturated carbocycles. The highest BCUT2D eigenvalue weighted by molar-refractivity contribution is 7.17. The number of hydrogen-bond acceptors (Lipinski definition) is 8. The van der Waals surface area contributed by atoms with E-state index in [1.54, 1.807) is 12.1 Å². The molecule has 1 amide bonds. The number of benzene rings is 1. The highest BCUT2D eigenvalue weighted by atomic mass is 32.1. The third-order valence-corrected chi connectivity index (χ3v) is 5.68. The monoisotopic (exact) mass is 435 g/mol. The van der Waals surface area contributed by atoms with Crippen LogP contribution < -0.4 is 0 Å². The zero-order valence-corrected chi connectivity index (χ0v) is 17.5. The van der Waals surface area contributed by atoms with E-state index in [1.807, 2.05) is 20.8 Å². The number of nitrogens with zero attached hydrogens (tertiary/aromatic N) is 3. The normalized spacial score (nSPS) is 11.0. The summed E-state index contributed by atoms with van der Waals surface area (Å²) in [4.78, 5) is 47.1. The van der Waals surface area contributed by atoms with Crippen molar-refractivity contribution in [2.45, 2.75) is 39.3 Å². The van der Waals surface area contributed by atoms with Crippen molar-refractivity contribution in [3.05, 3.63) is 67.1 Å². The summed E-state index contributed by atoms with van der Waals surface area (Å²) in [5.74, 6) is -1.31. The first-order valence-electron chi connectivity index (χ1n) is 9.00. The van der Waals surface area contributed by atoms with Crippen molar-refractivity contribution in [3.8, 4) is 0 Å². The summed E-state index contributed by atoms with van der Waals surface area (Å²) in [5.41, 5.74) is -0.116. The SMILES string of the molecule is CCC(C)(C)N(Cc1cccc([N+](=O)[O-])c1)C(=O)COC(=O)c1ccc([N+](=O)[O-])s1. The van der Waals surface area contributed by atoms with Gasteiger partial charge in [-0.25, -0.2) is 4.79 Å². The van der Waals surface area contributed by atoms with Gasteiger partial charge in [0.1, 0.15) is 4.88 Å². The summed E-state index contributed by atoms with van der Waals surface area (Å²) >= 11 is 0.664. The summed E-state index contributed by atoms with van der Waals surface area (Å²) in [6.45, 7) is 5.12. The Balaban J connectivity index is 2.13. The number of ether oxygens (including phenoxy) is 1. The van der Waals surface area contributed by atoms with Gasteiger partial charge in [0.05, 0.1) is 9.85 Å². The highest BCUT2D eigenvalue weighted by Gasteiger charge is 2.30. The molecule has 0 aliphatic heterocycles. The number of nitro groups is 2. The van der Waals surface area contributed by atoms with Gasteiger partial charge >= 0.3 is 11.0 Å². The van der Waals surface area contributed by atoms with Gasteiger partial charge in [0.25, 0.3) is 11.6 Å². The van der Waals surface area contributed by atoms with Gasteiger partial charge in [-0.05, 0) is 31.9 Å². The fraction of sp³-hybridized carbons (Fsp3) is 0.368. The van der Waals surface area contributed by atoms with Crippen LogP contribution in [0.4, 0.5) is 10.7 Å². The third-order valence-electron chi connectivity index (χ3n) is 4.66. The maximum absolute atomic E-state index is 12.8. The van der Waals surface area contributed by atoms with Crippen LogP contribution in [0.5, 0.6) is 0 Å². The van der Waals surface area contributed by atoms with Crippen molar-refractivity contribution < 1.29 is 24.2 Å². The van der Waals surface area contributed by atoms with E-state index in [9.17, 15) is 29.8 Å². The molecule has 0 aliphatic carbocycles. The summed E-state index contributed by atoms with van der Waals surface area (Å²) in [5, 5.41) is 21.5. The fourth-order valence-corrected chi connectivity index (χ4v) is 3.31. The van der Waals surface area contributed by atoms with E-state index >= 15 is 0 Å². The van der Waals surface area contributed by atoms with E-state index in [1.165, 1.54) is 29.2 Å². The summed E-state index contributed by atoms with van der Waals surface area (Å²) < 4.78 is 5.05. The summed E-state index contributed by atoms with van der Waals surface area (Å²) in [7, 11) is 0. The number of rotatable bonds is 9. The molecule has 0 radical (unpaired) electrons. The molecule has 2 rings (SSSR count). The first-order chi connectivity index (χ1) is 14.0. The molecule has 0 bridgehead atoms. The lowest BCUT2D eigenvalue weighted by Crippen LogP contribution is -2.48. The van der Waals surface area contributed by atoms with Crippen LogP contribution in [0.25, 0.3) is 0 Å². The van der Waals surface area contributed by atoms with Crippen LogP contribution >= 0.6 is 11.3 Å². The van der Waals surface area contributed by atoms with E-state index in [4.69, 9.17) is 4.74 Å². The average molecular weight is 435 g/mol. The van der Waals surface area contributed by atoms with E-state index in [2.05, 4.69) is 0 Å². The minimum Gasteiger partial charge on any atom is -0.451 e. The number of nitro benzene ring substituents is 1. The van der Waals surface area contributed by atoms with Crippen LogP contribution in [0.3, 0.4) is 0 Å². The fourth-order valence-electron chi connectivity index (χ4n) is 2.59. The van der Waals surface area contributed by atoms with Gasteiger partial charge in [-0.3, -0.25) is 25.0 Å². The number of hydrogen-bond donors (Lipinski definition) is 0. The first kappa shape index (κ1) is 22.9. The van der Waals surface area contributed by atoms with Crippen molar-refractivity contribution in [1.29, 1.82) is 0 Å². The Morgan fingerprint density at radius 1 is 1.13 bits per heavy atom. The van der Waals surface area contributed by atoms with Crippen molar-refractivity contribution >= 4 is 33.9 Å². The maximum Gasteiger partial charge on any atom is 0.349 e. The van der Waals surface area contributed by atoms with Crippen molar-refractivity contribution in [3.63, 3.8) is 0 Å². The molecule has 0 atom stereocenters. The summed E-state index contributed by atoms with van der Waals surface area (Å²) in [6, 6.07) is 8.43. The predicted molar refractivity (Wildman–Crippen MR) is 109 cm³/mol. The van der Waals surface area contributed by atoms with E-state index < -0.39 is 33.9 Å². The molecule has 1 heterocycles. The van der Waals surface area contributed by atoms with Crippen molar-refractivity contribution in [2.24, 2.45) is 0 Å². The smallest absolute Gasteiger partial charge is 0.349 e. The molecule has 10 nitrogen and oxygen atoms in total. The van der Waals surface area contributed by atoms with E-state index in [0.29, 0.717) is 23.3 Å². The molecule has 0 unspecified atom stereocenters. The molecule has 0 N–H and O–H groups in total. The topological polar surface area (TPSA) is 133 Å². The van der Waals surface area contributed by atoms with Gasteiger partial charge in [-0.1, -0.05) is 30.4 Å². The van der Waals surface area contributed by atoms with Crippen molar-refractivity contribution in [2.75, 3.05) is 6.61 Å². The molecular formula is C19H21N3O7S. The highest BCUT2D eigenvalue weighted by Crippen LogP contribution is 2.26. The van der Waals surface area contributed by atoms with Crippen LogP contribution in [0.15, 0.2) is 36.4 Å². The Kier molecular flexibility index (Phi) is 7.22. The van der Waals surface area contributed by atoms with Gasteiger partial charge in [-0.2, -0.15) is 0 Å². The number of amides is 1. The first-order valence-corrected chi connectivity index (χ1v) is 9.82. The van der Waals surface area contributed by atoms with Gasteiger partial charge in [0.2, 0.25) is 0 Å². The van der Waals surface area contributed by atoms with Crippen LogP contribution in [0.1, 0.15) is 42.4 Å². The van der Waals surface area contributed by atoms with Crippen molar-refractivity contribution in [1.82, 2.24) is 4.90 Å². The molecule has 11 heteroatoms. The van der Waals surface area contributed by atoms with Gasteiger partial charge in [0.15, 0.2) is 6.61 Å². The molecule has 1 aromatic heterocycles. The van der Waals surface area contributed by atoms with Gasteiger partial charge in [-0.15, -0.1) is 0 Å². The molecule has 160 valence electrons. The minimum absolute atomic E-state index is 0.0227. The second-order valence-electron chi connectivity index (χ2n) is 7.04. The Hall–Kier alpha value is -3.34. The van der Waals surface area contributed by atoms with Crippen LogP contribution in [0, 0.1) is 20.2 Å². The number of carbonyl (C=O) groups is 2. The molecule has 0 fully saturated rings. The van der Waals surface area contributed by atoms with E-state index in [-0.39, 0.29) is 22.1 Å². The molecule has 0 saturated heterocycles. The lowest BCUT2D eigenvalue weighted by molar-refractivity contribution is -0.384. The molecular weight excluding hydrogens is 414 g/mol. The van der Waals surface area contributed by atoms with Crippen LogP contribution in [-0.2, 0) is 16.1 Å². The van der Waals surface area contributed by atoms with Gasteiger partial charge < -0.3 is 9.64 Å². The van der Waals surface area contributed by atoms with E-state index in [0.717, 1.165) is 0 Å². The Labute approximate surface area is 176 Å². The standard InChI is InChI=1S/C19H21N3O7S/c1-4-19(2,3)20(11-13-6-5-7-14(10-13)21(25)26)16(23)12-29-18(24)15-8-9-17(30-15)22(27)28/h5-10H,4,11-12H2,1-3H3. The molecule has 0 spiro atoms. The minimum atomic E-state index is -0.828. The second kappa shape index (κ2) is 9.44. The Morgan fingerprint density at radius 2 is 1.83 bits per heavy atom. The van der Waals surface area contributed by atoms with Gasteiger partial charge in [0, 0.05) is 30.3 Å². The second-order valence-corrected chi connectivity index (χ2v) is 8.11. The number of thiophene rings is 1. The molecule has 2 aromatic rings. The van der Waals surface area contributed by atoms with Crippen LogP contribution in [0.2, 0.25) is 0 Å². The zero-order valence-electron chi connectivity index (χ0n) is 16.7. The number of non-ortho nitro benzene ring substituents is 1. The quantitative estimate of drug-likeness (QED) is 0.331. The lowest BCUT2D eigenvalue weighted by atomic mass is 9.98. The predicted octanol–water partition coefficient (Wildman–Crippen LogP) is 3.94. The Bertz CT molecular complexity index is 971. The largest absolute Gasteiger partial charge is 0.451 e. The summed E-state index contributed by atoms with van der Waals surface area (Å²) in [6.07, 6.45) is 0.596. The Morgan fingerprint density at radius 3 is 2.40 bits per heavy atom. The number of carbonyl (C=O) groups excluding carboxylic acids is 2. The zero-order chi connectivity index (χ0) is 22.5. The third kappa shape index (κ3) is 5.60. The maximum atomic E-state index is 12.8. The molecule has 0 aliphatic rings. The average Bonchev–Trinajstić information content (AvgIpc) is 3.20.